The van der Waals surface area contributed by atoms with E-state index in [9.17, 15) is 5.11 Å². The van der Waals surface area contributed by atoms with Crippen molar-refractivity contribution in [1.29, 1.82) is 0 Å². The van der Waals surface area contributed by atoms with Gasteiger partial charge in [0.05, 0.1) is 6.33 Å². The number of aliphatic hydroxyl groups is 1. The molecule has 2 fully saturated rings. The van der Waals surface area contributed by atoms with Crippen LogP contribution in [0, 0.1) is 17.8 Å². The molecule has 0 amide bonds. The van der Waals surface area contributed by atoms with Crippen LogP contribution in [0.15, 0.2) is 6.33 Å². The summed E-state index contributed by atoms with van der Waals surface area (Å²) in [5, 5.41) is 14.5. The predicted octanol–water partition coefficient (Wildman–Crippen LogP) is 4.83. The Kier molecular flexibility index (Phi) is 6.29. The van der Waals surface area contributed by atoms with E-state index in [1.165, 1.54) is 25.7 Å². The van der Waals surface area contributed by atoms with E-state index in [1.54, 1.807) is 0 Å². The number of rotatable bonds is 5. The summed E-state index contributed by atoms with van der Waals surface area (Å²) < 4.78 is 2.21. The van der Waals surface area contributed by atoms with Gasteiger partial charge >= 0.3 is 0 Å². The SMILES string of the molecule is CCC(CC)Nc1nc(C#CC2(O)CCCC(C)C2)nc2c1ncn2C1CCCC1. The van der Waals surface area contributed by atoms with Crippen molar-refractivity contribution in [3.05, 3.63) is 12.2 Å². The summed E-state index contributed by atoms with van der Waals surface area (Å²) in [6.07, 6.45) is 12.4. The molecule has 0 aromatic carbocycles. The summed E-state index contributed by atoms with van der Waals surface area (Å²) in [5.74, 6) is 7.98. The second-order valence-corrected chi connectivity index (χ2v) is 9.30. The van der Waals surface area contributed by atoms with E-state index in [0.717, 1.165) is 55.5 Å². The Morgan fingerprint density at radius 1 is 1.20 bits per heavy atom. The average Bonchev–Trinajstić information content (AvgIpc) is 3.40. The van der Waals surface area contributed by atoms with Gasteiger partial charge in [0.25, 0.3) is 0 Å². The summed E-state index contributed by atoms with van der Waals surface area (Å²) in [6, 6.07) is 0.791. The van der Waals surface area contributed by atoms with Gasteiger partial charge in [0, 0.05) is 12.1 Å². The molecule has 2 aromatic rings. The van der Waals surface area contributed by atoms with Crippen molar-refractivity contribution < 1.29 is 5.11 Å². The van der Waals surface area contributed by atoms with Crippen LogP contribution < -0.4 is 5.32 Å². The van der Waals surface area contributed by atoms with Crippen LogP contribution in [-0.4, -0.2) is 36.3 Å². The molecule has 6 heteroatoms. The molecule has 2 N–H and O–H groups in total. The van der Waals surface area contributed by atoms with E-state index in [2.05, 4.69) is 47.5 Å². The minimum absolute atomic E-state index is 0.337. The topological polar surface area (TPSA) is 75.9 Å². The first-order chi connectivity index (χ1) is 14.5. The van der Waals surface area contributed by atoms with Crippen LogP contribution in [0.3, 0.4) is 0 Å². The lowest BCUT2D eigenvalue weighted by atomic mass is 9.79. The number of imidazole rings is 1. The zero-order valence-corrected chi connectivity index (χ0v) is 18.6. The first-order valence-corrected chi connectivity index (χ1v) is 11.8. The second kappa shape index (κ2) is 8.93. The van der Waals surface area contributed by atoms with Crippen molar-refractivity contribution in [1.82, 2.24) is 19.5 Å². The minimum atomic E-state index is -0.926. The fourth-order valence-corrected chi connectivity index (χ4v) is 5.02. The number of nitrogens with one attached hydrogen (secondary N) is 1. The molecule has 0 spiro atoms. The summed E-state index contributed by atoms with van der Waals surface area (Å²) in [6.45, 7) is 6.54. The molecule has 6 nitrogen and oxygen atoms in total. The Labute approximate surface area is 179 Å². The highest BCUT2D eigenvalue weighted by atomic mass is 16.3. The van der Waals surface area contributed by atoms with E-state index in [-0.39, 0.29) is 0 Å². The molecule has 0 saturated heterocycles. The number of nitrogens with zero attached hydrogens (tertiary/aromatic N) is 4. The summed E-state index contributed by atoms with van der Waals surface area (Å²) >= 11 is 0. The van der Waals surface area contributed by atoms with Crippen molar-refractivity contribution in [2.45, 2.75) is 103 Å². The zero-order valence-electron chi connectivity index (χ0n) is 18.6. The van der Waals surface area contributed by atoms with Crippen LogP contribution >= 0.6 is 0 Å². The van der Waals surface area contributed by atoms with Gasteiger partial charge in [0.15, 0.2) is 17.0 Å². The smallest absolute Gasteiger partial charge is 0.209 e. The van der Waals surface area contributed by atoms with Crippen molar-refractivity contribution in [3.8, 4) is 11.8 Å². The molecule has 0 bridgehead atoms. The maximum absolute atomic E-state index is 10.9. The highest BCUT2D eigenvalue weighted by Gasteiger charge is 2.31. The van der Waals surface area contributed by atoms with E-state index in [1.807, 2.05) is 6.33 Å². The van der Waals surface area contributed by atoms with E-state index in [4.69, 9.17) is 9.97 Å². The molecule has 162 valence electrons. The molecule has 2 aliphatic rings. The number of fused-ring (bicyclic) bond motifs is 1. The zero-order chi connectivity index (χ0) is 21.1. The van der Waals surface area contributed by atoms with Crippen LogP contribution in [0.4, 0.5) is 5.82 Å². The van der Waals surface area contributed by atoms with Gasteiger partial charge in [-0.25, -0.2) is 15.0 Å². The second-order valence-electron chi connectivity index (χ2n) is 9.30. The minimum Gasteiger partial charge on any atom is -0.378 e. The Morgan fingerprint density at radius 2 is 1.97 bits per heavy atom. The van der Waals surface area contributed by atoms with Crippen LogP contribution in [-0.2, 0) is 0 Å². The van der Waals surface area contributed by atoms with Crippen LogP contribution in [0.25, 0.3) is 11.2 Å². The fraction of sp³-hybridized carbons (Fsp3) is 0.708. The van der Waals surface area contributed by atoms with Crippen molar-refractivity contribution in [2.75, 3.05) is 5.32 Å². The van der Waals surface area contributed by atoms with Gasteiger partial charge in [-0.3, -0.25) is 0 Å². The summed E-state index contributed by atoms with van der Waals surface area (Å²) in [4.78, 5) is 14.2. The van der Waals surface area contributed by atoms with E-state index >= 15 is 0 Å². The maximum Gasteiger partial charge on any atom is 0.209 e. The Hall–Kier alpha value is -2.13. The average molecular weight is 410 g/mol. The number of hydrogen-bond donors (Lipinski definition) is 2. The molecule has 2 unspecified atom stereocenters. The molecule has 2 saturated carbocycles. The molecule has 4 rings (SSSR count). The lowest BCUT2D eigenvalue weighted by molar-refractivity contribution is 0.0410. The van der Waals surface area contributed by atoms with Gasteiger partial charge in [-0.05, 0) is 56.8 Å². The first kappa shape index (κ1) is 21.1. The fourth-order valence-electron chi connectivity index (χ4n) is 5.02. The van der Waals surface area contributed by atoms with Crippen molar-refractivity contribution in [3.63, 3.8) is 0 Å². The molecule has 2 atom stereocenters. The Morgan fingerprint density at radius 3 is 2.67 bits per heavy atom. The highest BCUT2D eigenvalue weighted by molar-refractivity contribution is 5.83. The van der Waals surface area contributed by atoms with Crippen LogP contribution in [0.1, 0.15) is 96.8 Å². The van der Waals surface area contributed by atoms with Gasteiger partial charge in [0.2, 0.25) is 5.82 Å². The lowest BCUT2D eigenvalue weighted by Gasteiger charge is -2.30. The van der Waals surface area contributed by atoms with Crippen LogP contribution in [0.5, 0.6) is 0 Å². The first-order valence-electron chi connectivity index (χ1n) is 11.8. The Bertz CT molecular complexity index is 932. The van der Waals surface area contributed by atoms with Gasteiger partial charge < -0.3 is 15.0 Å². The molecular formula is C24H35N5O. The largest absolute Gasteiger partial charge is 0.378 e. The predicted molar refractivity (Wildman–Crippen MR) is 120 cm³/mol. The molecule has 30 heavy (non-hydrogen) atoms. The molecule has 0 radical (unpaired) electrons. The maximum atomic E-state index is 10.9. The third-order valence-electron chi connectivity index (χ3n) is 6.85. The summed E-state index contributed by atoms with van der Waals surface area (Å²) in [5.41, 5.74) is 0.757. The third-order valence-corrected chi connectivity index (χ3v) is 6.85. The molecule has 2 aliphatic carbocycles. The molecule has 0 aliphatic heterocycles. The Balaban J connectivity index is 1.73. The molecular weight excluding hydrogens is 374 g/mol. The standard InChI is InChI=1S/C24H35N5O/c1-4-18(5-2)26-22-21-23(29(16-25-21)19-10-6-7-11-19)28-20(27-22)12-14-24(30)13-8-9-17(3)15-24/h16-19,30H,4-11,13,15H2,1-3H3,(H,26,27,28). The number of anilines is 1. The van der Waals surface area contributed by atoms with Crippen molar-refractivity contribution in [2.24, 2.45) is 5.92 Å². The van der Waals surface area contributed by atoms with Gasteiger partial charge in [-0.15, -0.1) is 0 Å². The van der Waals surface area contributed by atoms with E-state index < -0.39 is 5.60 Å². The number of aromatic nitrogens is 4. The van der Waals surface area contributed by atoms with Gasteiger partial charge in [-0.2, -0.15) is 0 Å². The molecule has 2 heterocycles. The van der Waals surface area contributed by atoms with Gasteiger partial charge in [0.1, 0.15) is 5.60 Å². The third kappa shape index (κ3) is 4.46. The normalized spacial score (nSPS) is 24.9. The van der Waals surface area contributed by atoms with Gasteiger partial charge in [-0.1, -0.05) is 46.0 Å². The lowest BCUT2D eigenvalue weighted by Crippen LogP contribution is -2.32. The monoisotopic (exact) mass is 409 g/mol. The van der Waals surface area contributed by atoms with E-state index in [0.29, 0.717) is 23.8 Å². The summed E-state index contributed by atoms with van der Waals surface area (Å²) in [7, 11) is 0. The highest BCUT2D eigenvalue weighted by Crippen LogP contribution is 2.33. The van der Waals surface area contributed by atoms with Crippen molar-refractivity contribution >= 4 is 17.0 Å². The molecule has 2 aromatic heterocycles. The number of hydrogen-bond acceptors (Lipinski definition) is 5. The quantitative estimate of drug-likeness (QED) is 0.692. The van der Waals surface area contributed by atoms with Crippen LogP contribution in [0.2, 0.25) is 0 Å².